The molecule has 0 saturated carbocycles. The van der Waals surface area contributed by atoms with Crippen LogP contribution in [0.3, 0.4) is 0 Å². The highest BCUT2D eigenvalue weighted by Crippen LogP contribution is 2.15. The smallest absolute Gasteiger partial charge is 0.220 e. The van der Waals surface area contributed by atoms with Gasteiger partial charge < -0.3 is 15.5 Å². The highest BCUT2D eigenvalue weighted by Gasteiger charge is 2.19. The monoisotopic (exact) mass is 698 g/mol. The molecule has 4 nitrogen and oxygen atoms in total. The van der Waals surface area contributed by atoms with Crippen LogP contribution in [0.1, 0.15) is 206 Å². The number of allylic oxidation sites excluding steroid dienone is 10. The van der Waals surface area contributed by atoms with Gasteiger partial charge in [0.15, 0.2) is 0 Å². The zero-order valence-corrected chi connectivity index (χ0v) is 33.2. The van der Waals surface area contributed by atoms with Crippen molar-refractivity contribution >= 4 is 5.91 Å². The van der Waals surface area contributed by atoms with E-state index in [0.29, 0.717) is 12.8 Å². The van der Waals surface area contributed by atoms with Gasteiger partial charge in [-0.15, -0.1) is 0 Å². The van der Waals surface area contributed by atoms with Crippen LogP contribution in [0, 0.1) is 0 Å². The number of carbonyl (C=O) groups is 1. The molecule has 0 aromatic heterocycles. The first kappa shape index (κ1) is 48.1. The van der Waals surface area contributed by atoms with Crippen molar-refractivity contribution < 1.29 is 15.0 Å². The van der Waals surface area contributed by atoms with Crippen molar-refractivity contribution in [3.8, 4) is 0 Å². The van der Waals surface area contributed by atoms with E-state index in [0.717, 1.165) is 64.2 Å². The van der Waals surface area contributed by atoms with Gasteiger partial charge in [-0.1, -0.05) is 203 Å². The van der Waals surface area contributed by atoms with E-state index in [9.17, 15) is 15.0 Å². The molecule has 0 aliphatic rings. The Morgan fingerprint density at radius 3 is 1.28 bits per heavy atom. The number of nitrogens with one attached hydrogen (secondary N) is 1. The Bertz CT molecular complexity index is 842. The largest absolute Gasteiger partial charge is 0.394 e. The number of unbranched alkanes of at least 4 members (excludes halogenated alkanes) is 21. The summed E-state index contributed by atoms with van der Waals surface area (Å²) in [6, 6.07) is -0.531. The van der Waals surface area contributed by atoms with Crippen LogP contribution in [0.25, 0.3) is 0 Å². The topological polar surface area (TPSA) is 69.6 Å². The third-order valence-corrected chi connectivity index (χ3v) is 9.54. The van der Waals surface area contributed by atoms with Gasteiger partial charge in [0.1, 0.15) is 0 Å². The minimum absolute atomic E-state index is 0.0435. The molecule has 0 aromatic rings. The van der Waals surface area contributed by atoms with Gasteiger partial charge in [-0.2, -0.15) is 0 Å². The Kier molecular flexibility index (Phi) is 39.9. The molecule has 0 rings (SSSR count). The summed E-state index contributed by atoms with van der Waals surface area (Å²) in [5.74, 6) is -0.0435. The van der Waals surface area contributed by atoms with Crippen LogP contribution in [0.2, 0.25) is 0 Å². The summed E-state index contributed by atoms with van der Waals surface area (Å²) >= 11 is 0. The second-order valence-corrected chi connectivity index (χ2v) is 14.4. The molecule has 0 aliphatic carbocycles. The molecule has 0 heterocycles. The van der Waals surface area contributed by atoms with E-state index in [1.807, 2.05) is 0 Å². The Hall–Kier alpha value is -1.91. The molecule has 3 N–H and O–H groups in total. The minimum atomic E-state index is -0.655. The molecule has 1 amide bonds. The molecular formula is C46H83NO3. The average Bonchev–Trinajstić information content (AvgIpc) is 3.12. The Balaban J connectivity index is 3.35. The van der Waals surface area contributed by atoms with E-state index in [1.165, 1.54) is 116 Å². The van der Waals surface area contributed by atoms with E-state index in [1.54, 1.807) is 0 Å². The maximum Gasteiger partial charge on any atom is 0.220 e. The first-order chi connectivity index (χ1) is 24.7. The molecule has 2 unspecified atom stereocenters. The van der Waals surface area contributed by atoms with E-state index in [4.69, 9.17) is 0 Å². The number of rotatable bonds is 38. The lowest BCUT2D eigenvalue weighted by atomic mass is 10.0. The summed E-state index contributed by atoms with van der Waals surface area (Å²) in [4.78, 5) is 12.2. The van der Waals surface area contributed by atoms with E-state index >= 15 is 0 Å². The minimum Gasteiger partial charge on any atom is -0.394 e. The van der Waals surface area contributed by atoms with E-state index in [-0.39, 0.29) is 12.5 Å². The van der Waals surface area contributed by atoms with Crippen LogP contribution in [-0.4, -0.2) is 34.9 Å². The van der Waals surface area contributed by atoms with Crippen molar-refractivity contribution in [1.82, 2.24) is 5.32 Å². The predicted octanol–water partition coefficient (Wildman–Crippen LogP) is 13.3. The number of amides is 1. The van der Waals surface area contributed by atoms with Gasteiger partial charge >= 0.3 is 0 Å². The zero-order chi connectivity index (χ0) is 36.4. The van der Waals surface area contributed by atoms with Crippen LogP contribution >= 0.6 is 0 Å². The van der Waals surface area contributed by atoms with E-state index < -0.39 is 12.1 Å². The molecular weight excluding hydrogens is 615 g/mol. The number of aliphatic hydroxyl groups is 2. The SMILES string of the molecule is CC/C=C\C/C=C\C/C=C\C/C=C\C/C=C\CCCCCCCCCCCCCCCCCCCCCC(=O)NC(CO)C(O)CCCCC. The first-order valence-electron chi connectivity index (χ1n) is 21.5. The highest BCUT2D eigenvalue weighted by molar-refractivity contribution is 5.76. The van der Waals surface area contributed by atoms with Gasteiger partial charge in [-0.05, 0) is 57.8 Å². The van der Waals surface area contributed by atoms with Gasteiger partial charge in [0.05, 0.1) is 18.8 Å². The summed E-state index contributed by atoms with van der Waals surface area (Å²) in [7, 11) is 0. The van der Waals surface area contributed by atoms with Gasteiger partial charge in [0.25, 0.3) is 0 Å². The summed E-state index contributed by atoms with van der Waals surface area (Å²) in [6.07, 6.45) is 58.1. The summed E-state index contributed by atoms with van der Waals surface area (Å²) in [5.41, 5.74) is 0. The molecule has 4 heteroatoms. The normalized spacial score (nSPS) is 13.6. The van der Waals surface area contributed by atoms with Crippen LogP contribution in [0.4, 0.5) is 0 Å². The number of aliphatic hydroxyl groups excluding tert-OH is 2. The third kappa shape index (κ3) is 37.3. The molecule has 0 radical (unpaired) electrons. The van der Waals surface area contributed by atoms with Gasteiger partial charge in [0.2, 0.25) is 5.91 Å². The summed E-state index contributed by atoms with van der Waals surface area (Å²) in [6.45, 7) is 4.09. The van der Waals surface area contributed by atoms with Crippen molar-refractivity contribution in [1.29, 1.82) is 0 Å². The lowest BCUT2D eigenvalue weighted by Gasteiger charge is -2.22. The van der Waals surface area contributed by atoms with Crippen LogP contribution < -0.4 is 5.32 Å². The first-order valence-corrected chi connectivity index (χ1v) is 21.5. The molecule has 2 atom stereocenters. The molecule has 0 saturated heterocycles. The van der Waals surface area contributed by atoms with Crippen molar-refractivity contribution in [2.24, 2.45) is 0 Å². The second-order valence-electron chi connectivity index (χ2n) is 14.4. The van der Waals surface area contributed by atoms with Gasteiger partial charge in [-0.25, -0.2) is 0 Å². The second kappa shape index (κ2) is 41.5. The zero-order valence-electron chi connectivity index (χ0n) is 33.2. The van der Waals surface area contributed by atoms with Crippen molar-refractivity contribution in [2.75, 3.05) is 6.61 Å². The number of carbonyl (C=O) groups excluding carboxylic acids is 1. The number of hydrogen-bond acceptors (Lipinski definition) is 3. The highest BCUT2D eigenvalue weighted by atomic mass is 16.3. The van der Waals surface area contributed by atoms with Crippen molar-refractivity contribution in [3.05, 3.63) is 60.8 Å². The van der Waals surface area contributed by atoms with Crippen LogP contribution in [0.5, 0.6) is 0 Å². The summed E-state index contributed by atoms with van der Waals surface area (Å²) in [5, 5.41) is 22.6. The molecule has 0 aromatic carbocycles. The van der Waals surface area contributed by atoms with Gasteiger partial charge in [-0.3, -0.25) is 4.79 Å². The summed E-state index contributed by atoms with van der Waals surface area (Å²) < 4.78 is 0. The third-order valence-electron chi connectivity index (χ3n) is 9.54. The molecule has 50 heavy (non-hydrogen) atoms. The molecule has 0 aliphatic heterocycles. The van der Waals surface area contributed by atoms with Crippen molar-refractivity contribution in [3.63, 3.8) is 0 Å². The Labute approximate surface area is 311 Å². The fourth-order valence-corrected chi connectivity index (χ4v) is 6.27. The molecule has 0 fully saturated rings. The lowest BCUT2D eigenvalue weighted by Crippen LogP contribution is -2.45. The fourth-order valence-electron chi connectivity index (χ4n) is 6.27. The van der Waals surface area contributed by atoms with E-state index in [2.05, 4.69) is 79.9 Å². The standard InChI is InChI=1S/C46H83NO3/c1-3-5-7-8-9-10-11-12-13-14-15-16-17-18-19-20-21-22-23-24-25-26-27-28-29-30-31-32-33-34-35-36-37-38-40-42-46(50)47-44(43-48)45(49)41-39-6-4-2/h5,7,9-10,12-13,15-16,18-19,44-45,48-49H,3-4,6,8,11,14,17,20-43H2,1-2H3,(H,47,50)/b7-5-,10-9-,13-12-,16-15-,19-18-. The van der Waals surface area contributed by atoms with Crippen LogP contribution in [-0.2, 0) is 4.79 Å². The Morgan fingerprint density at radius 2 is 0.880 bits per heavy atom. The maximum atomic E-state index is 12.2. The average molecular weight is 698 g/mol. The van der Waals surface area contributed by atoms with Crippen LogP contribution in [0.15, 0.2) is 60.8 Å². The quantitative estimate of drug-likeness (QED) is 0.0444. The van der Waals surface area contributed by atoms with Crippen molar-refractivity contribution in [2.45, 2.75) is 219 Å². The lowest BCUT2D eigenvalue weighted by molar-refractivity contribution is -0.123. The Morgan fingerprint density at radius 1 is 0.500 bits per heavy atom. The molecule has 0 bridgehead atoms. The molecule has 0 spiro atoms. The van der Waals surface area contributed by atoms with Gasteiger partial charge in [0, 0.05) is 6.42 Å². The fraction of sp³-hybridized carbons (Fsp3) is 0.761. The molecule has 290 valence electrons. The predicted molar refractivity (Wildman–Crippen MR) is 221 cm³/mol. The number of hydrogen-bond donors (Lipinski definition) is 3. The maximum absolute atomic E-state index is 12.2.